The minimum absolute atomic E-state index is 0.375. The summed E-state index contributed by atoms with van der Waals surface area (Å²) in [5, 5.41) is 13.0. The molecule has 1 aliphatic heterocycles. The van der Waals surface area contributed by atoms with E-state index < -0.39 is 5.97 Å². The van der Waals surface area contributed by atoms with E-state index in [0.717, 1.165) is 38.0 Å². The minimum atomic E-state index is -0.854. The number of hydrogen-bond acceptors (Lipinski definition) is 3. The van der Waals surface area contributed by atoms with Crippen molar-refractivity contribution < 1.29 is 9.90 Å². The van der Waals surface area contributed by atoms with Gasteiger partial charge < -0.3 is 10.4 Å². The number of nitrogens with zero attached hydrogens (tertiary/aromatic N) is 1. The Hall–Kier alpha value is -2.17. The monoisotopic (exact) mass is 350 g/mol. The second-order valence-corrected chi connectivity index (χ2v) is 7.58. The van der Waals surface area contributed by atoms with Gasteiger partial charge in [-0.25, -0.2) is 4.79 Å². The maximum atomic E-state index is 11.1. The van der Waals surface area contributed by atoms with Gasteiger partial charge in [0.15, 0.2) is 0 Å². The van der Waals surface area contributed by atoms with E-state index in [0.29, 0.717) is 23.6 Å². The second-order valence-electron chi connectivity index (χ2n) is 7.58. The number of likely N-dealkylation sites (tertiary alicyclic amines) is 1. The van der Waals surface area contributed by atoms with Crippen molar-refractivity contribution in [2.45, 2.75) is 43.8 Å². The summed E-state index contributed by atoms with van der Waals surface area (Å²) in [6.45, 7) is 2.97. The molecule has 26 heavy (non-hydrogen) atoms. The first-order valence-electron chi connectivity index (χ1n) is 9.54. The molecule has 0 radical (unpaired) electrons. The van der Waals surface area contributed by atoms with E-state index in [9.17, 15) is 4.79 Å². The molecule has 2 aromatic rings. The topological polar surface area (TPSA) is 52.6 Å². The van der Waals surface area contributed by atoms with E-state index in [1.165, 1.54) is 12.0 Å². The van der Waals surface area contributed by atoms with Crippen molar-refractivity contribution in [2.75, 3.05) is 13.1 Å². The third-order valence-electron chi connectivity index (χ3n) is 5.64. The first kappa shape index (κ1) is 17.3. The second kappa shape index (κ2) is 7.60. The smallest absolute Gasteiger partial charge is 0.335 e. The summed E-state index contributed by atoms with van der Waals surface area (Å²) in [6, 6.07) is 19.4. The molecule has 0 bridgehead atoms. The van der Waals surface area contributed by atoms with Gasteiger partial charge in [-0.05, 0) is 55.6 Å². The van der Waals surface area contributed by atoms with Crippen LogP contribution in [-0.4, -0.2) is 41.1 Å². The predicted molar refractivity (Wildman–Crippen MR) is 102 cm³/mol. The van der Waals surface area contributed by atoms with Crippen LogP contribution in [0.3, 0.4) is 0 Å². The third-order valence-corrected chi connectivity index (χ3v) is 5.64. The van der Waals surface area contributed by atoms with Crippen molar-refractivity contribution in [1.82, 2.24) is 10.2 Å². The van der Waals surface area contributed by atoms with Crippen LogP contribution in [0.5, 0.6) is 0 Å². The molecule has 0 amide bonds. The fraction of sp³-hybridized carbons (Fsp3) is 0.409. The average molecular weight is 350 g/mol. The van der Waals surface area contributed by atoms with Gasteiger partial charge in [0, 0.05) is 24.5 Å². The summed E-state index contributed by atoms with van der Waals surface area (Å²) >= 11 is 0. The quantitative estimate of drug-likeness (QED) is 0.837. The summed E-state index contributed by atoms with van der Waals surface area (Å²) in [5.74, 6) is -0.167. The maximum absolute atomic E-state index is 11.1. The summed E-state index contributed by atoms with van der Waals surface area (Å²) in [5.41, 5.74) is 2.92. The normalized spacial score (nSPS) is 23.7. The molecule has 2 aromatic carbocycles. The number of rotatable bonds is 6. The van der Waals surface area contributed by atoms with Crippen LogP contribution >= 0.6 is 0 Å². The lowest BCUT2D eigenvalue weighted by atomic mass is 10.0. The van der Waals surface area contributed by atoms with E-state index in [1.54, 1.807) is 12.1 Å². The molecule has 4 heteroatoms. The summed E-state index contributed by atoms with van der Waals surface area (Å²) in [6.07, 6.45) is 3.58. The molecule has 0 spiro atoms. The molecule has 1 heterocycles. The zero-order valence-electron chi connectivity index (χ0n) is 15.0. The van der Waals surface area contributed by atoms with Crippen LogP contribution < -0.4 is 5.32 Å². The largest absolute Gasteiger partial charge is 0.478 e. The lowest BCUT2D eigenvalue weighted by Crippen LogP contribution is -2.43. The van der Waals surface area contributed by atoms with Crippen molar-refractivity contribution in [2.24, 2.45) is 0 Å². The zero-order valence-corrected chi connectivity index (χ0v) is 15.0. The van der Waals surface area contributed by atoms with E-state index in [1.807, 2.05) is 12.1 Å². The van der Waals surface area contributed by atoms with Gasteiger partial charge in [-0.15, -0.1) is 0 Å². The van der Waals surface area contributed by atoms with Crippen LogP contribution in [0, 0.1) is 0 Å². The molecular formula is C22H26N2O2. The van der Waals surface area contributed by atoms with Crippen LogP contribution in [0.25, 0.3) is 0 Å². The summed E-state index contributed by atoms with van der Waals surface area (Å²) in [4.78, 5) is 13.5. The molecular weight excluding hydrogens is 324 g/mol. The van der Waals surface area contributed by atoms with Crippen molar-refractivity contribution in [1.29, 1.82) is 0 Å². The van der Waals surface area contributed by atoms with E-state index >= 15 is 0 Å². The van der Waals surface area contributed by atoms with Crippen LogP contribution in [-0.2, 0) is 6.54 Å². The Kier molecular flexibility index (Phi) is 5.05. The highest BCUT2D eigenvalue weighted by Crippen LogP contribution is 2.41. The molecule has 136 valence electrons. The first-order valence-corrected chi connectivity index (χ1v) is 9.54. The van der Waals surface area contributed by atoms with Crippen LogP contribution in [0.1, 0.15) is 46.7 Å². The standard InChI is InChI=1S/C22H26N2O2/c25-22(26)18-8-4-5-16(13-18)15-24-11-9-19(10-12-24)23-21-14-20(21)17-6-2-1-3-7-17/h1-8,13,19-21,23H,9-12,14-15H2,(H,25,26). The van der Waals surface area contributed by atoms with Crippen LogP contribution in [0.4, 0.5) is 0 Å². The highest BCUT2D eigenvalue weighted by Gasteiger charge is 2.39. The molecule has 2 fully saturated rings. The number of piperidine rings is 1. The molecule has 1 saturated carbocycles. The Bertz CT molecular complexity index is 754. The van der Waals surface area contributed by atoms with Crippen molar-refractivity contribution in [3.8, 4) is 0 Å². The Morgan fingerprint density at radius 2 is 1.85 bits per heavy atom. The van der Waals surface area contributed by atoms with Gasteiger partial charge in [0.1, 0.15) is 0 Å². The number of carboxylic acid groups (broad SMARTS) is 1. The molecule has 2 unspecified atom stereocenters. The Morgan fingerprint density at radius 1 is 1.08 bits per heavy atom. The highest BCUT2D eigenvalue weighted by atomic mass is 16.4. The lowest BCUT2D eigenvalue weighted by molar-refractivity contribution is 0.0696. The highest BCUT2D eigenvalue weighted by molar-refractivity contribution is 5.87. The third kappa shape index (κ3) is 4.14. The molecule has 2 aliphatic rings. The van der Waals surface area contributed by atoms with Gasteiger partial charge >= 0.3 is 5.97 Å². The first-order chi connectivity index (χ1) is 12.7. The minimum Gasteiger partial charge on any atom is -0.478 e. The van der Waals surface area contributed by atoms with Gasteiger partial charge in [-0.2, -0.15) is 0 Å². The molecule has 1 aliphatic carbocycles. The number of aromatic carboxylic acids is 1. The van der Waals surface area contributed by atoms with Gasteiger partial charge in [0.05, 0.1) is 5.56 Å². The van der Waals surface area contributed by atoms with Gasteiger partial charge in [-0.3, -0.25) is 4.90 Å². The Morgan fingerprint density at radius 3 is 2.58 bits per heavy atom. The van der Waals surface area contributed by atoms with E-state index in [-0.39, 0.29) is 0 Å². The van der Waals surface area contributed by atoms with Gasteiger partial charge in [-0.1, -0.05) is 42.5 Å². The number of benzene rings is 2. The van der Waals surface area contributed by atoms with Gasteiger partial charge in [0.25, 0.3) is 0 Å². The number of hydrogen-bond donors (Lipinski definition) is 2. The van der Waals surface area contributed by atoms with E-state index in [4.69, 9.17) is 5.11 Å². The van der Waals surface area contributed by atoms with Gasteiger partial charge in [0.2, 0.25) is 0 Å². The lowest BCUT2D eigenvalue weighted by Gasteiger charge is -2.32. The molecule has 2 N–H and O–H groups in total. The van der Waals surface area contributed by atoms with E-state index in [2.05, 4.69) is 40.5 Å². The molecule has 2 atom stereocenters. The fourth-order valence-corrected chi connectivity index (χ4v) is 4.07. The number of nitrogens with one attached hydrogen (secondary N) is 1. The molecule has 0 aromatic heterocycles. The van der Waals surface area contributed by atoms with Crippen LogP contribution in [0.2, 0.25) is 0 Å². The number of carboxylic acids is 1. The fourth-order valence-electron chi connectivity index (χ4n) is 4.07. The van der Waals surface area contributed by atoms with Crippen molar-refractivity contribution >= 4 is 5.97 Å². The van der Waals surface area contributed by atoms with Crippen molar-refractivity contribution in [3.05, 3.63) is 71.3 Å². The SMILES string of the molecule is O=C(O)c1cccc(CN2CCC(NC3CC3c3ccccc3)CC2)c1. The Balaban J connectivity index is 1.24. The zero-order chi connectivity index (χ0) is 17.9. The maximum Gasteiger partial charge on any atom is 0.335 e. The van der Waals surface area contributed by atoms with Crippen molar-refractivity contribution in [3.63, 3.8) is 0 Å². The Labute approximate surface area is 154 Å². The molecule has 4 nitrogen and oxygen atoms in total. The summed E-state index contributed by atoms with van der Waals surface area (Å²) < 4.78 is 0. The number of carbonyl (C=O) groups is 1. The summed E-state index contributed by atoms with van der Waals surface area (Å²) in [7, 11) is 0. The molecule has 1 saturated heterocycles. The van der Waals surface area contributed by atoms with Crippen LogP contribution in [0.15, 0.2) is 54.6 Å². The predicted octanol–water partition coefficient (Wildman–Crippen LogP) is 3.49. The molecule has 4 rings (SSSR count). The average Bonchev–Trinajstić information content (AvgIpc) is 3.43.